The van der Waals surface area contributed by atoms with E-state index in [0.29, 0.717) is 12.0 Å². The Morgan fingerprint density at radius 3 is 2.48 bits per heavy atom. The van der Waals surface area contributed by atoms with Crippen molar-refractivity contribution in [3.8, 4) is 0 Å². The van der Waals surface area contributed by atoms with Gasteiger partial charge in [0, 0.05) is 19.8 Å². The van der Waals surface area contributed by atoms with Crippen LogP contribution in [-0.4, -0.2) is 64.6 Å². The lowest BCUT2D eigenvalue weighted by molar-refractivity contribution is -0.150. The predicted molar refractivity (Wildman–Crippen MR) is 112 cm³/mol. The number of fused-ring (bicyclic) bond motifs is 1. The molecule has 0 radical (unpaired) electrons. The van der Waals surface area contributed by atoms with E-state index in [2.05, 4.69) is 6.58 Å². The molecule has 2 rings (SSSR count). The van der Waals surface area contributed by atoms with Gasteiger partial charge in [0.15, 0.2) is 5.78 Å². The molecule has 0 aromatic rings. The number of ether oxygens (including phenoxy) is 3. The Morgan fingerprint density at radius 1 is 1.32 bits per heavy atom. The number of aliphatic hydroxyl groups excluding tert-OH is 2. The van der Waals surface area contributed by atoms with Crippen molar-refractivity contribution in [1.82, 2.24) is 0 Å². The Hall–Kier alpha value is -2.29. The topological polar surface area (TPSA) is 123 Å². The molecule has 1 fully saturated rings. The zero-order valence-corrected chi connectivity index (χ0v) is 18.7. The van der Waals surface area contributed by atoms with Crippen LogP contribution in [0.3, 0.4) is 0 Å². The van der Waals surface area contributed by atoms with E-state index in [4.69, 9.17) is 14.2 Å². The zero-order chi connectivity index (χ0) is 23.5. The van der Waals surface area contributed by atoms with Gasteiger partial charge in [-0.05, 0) is 38.8 Å². The van der Waals surface area contributed by atoms with Crippen LogP contribution in [0, 0.1) is 5.92 Å². The number of aliphatic hydroxyl groups is 2. The molecular weight excluding hydrogens is 404 g/mol. The summed E-state index contributed by atoms with van der Waals surface area (Å²) in [6.07, 6.45) is 0.523. The second-order valence-electron chi connectivity index (χ2n) is 8.38. The van der Waals surface area contributed by atoms with Crippen molar-refractivity contribution in [2.45, 2.75) is 77.5 Å². The summed E-state index contributed by atoms with van der Waals surface area (Å²) in [7, 11) is 0. The molecule has 2 N–H and O–H groups in total. The van der Waals surface area contributed by atoms with Crippen LogP contribution in [0.5, 0.6) is 0 Å². The van der Waals surface area contributed by atoms with Crippen molar-refractivity contribution in [3.63, 3.8) is 0 Å². The van der Waals surface area contributed by atoms with Crippen LogP contribution in [0.1, 0.15) is 47.5 Å². The zero-order valence-electron chi connectivity index (χ0n) is 18.7. The van der Waals surface area contributed by atoms with E-state index in [9.17, 15) is 24.6 Å². The molecule has 0 aromatic carbocycles. The average molecular weight is 437 g/mol. The second-order valence-corrected chi connectivity index (χ2v) is 8.38. The molecule has 31 heavy (non-hydrogen) atoms. The Balaban J connectivity index is 2.49. The maximum absolute atomic E-state index is 12.6. The monoisotopic (exact) mass is 436 g/mol. The standard InChI is InChI=1S/C23H32O8/c1-7-16(11-24)22(28)30-19-10-23(6)20(31-23)9-18(29-15(5)26)12(2)8-17(27)21(19)13(3)14(4)25/h7-8,17-21,24,27H,3,9-11H2,1-2,4-6H3/b12-8-,16-7+/t17-,18+,19-,20-,21?,23-/m1/s1. The van der Waals surface area contributed by atoms with Gasteiger partial charge in [0.25, 0.3) is 0 Å². The molecule has 172 valence electrons. The van der Waals surface area contributed by atoms with Crippen LogP contribution >= 0.6 is 0 Å². The van der Waals surface area contributed by atoms with E-state index >= 15 is 0 Å². The highest BCUT2D eigenvalue weighted by atomic mass is 16.6. The van der Waals surface area contributed by atoms with E-state index in [1.165, 1.54) is 26.0 Å². The summed E-state index contributed by atoms with van der Waals surface area (Å²) in [6.45, 7) is 11.1. The second kappa shape index (κ2) is 9.89. The van der Waals surface area contributed by atoms with Gasteiger partial charge in [-0.2, -0.15) is 0 Å². The lowest BCUT2D eigenvalue weighted by atomic mass is 9.79. The largest absolute Gasteiger partial charge is 0.458 e. The van der Waals surface area contributed by atoms with Crippen LogP contribution < -0.4 is 0 Å². The number of ketones is 1. The first kappa shape index (κ1) is 25.0. The van der Waals surface area contributed by atoms with E-state index in [1.807, 2.05) is 6.92 Å². The quantitative estimate of drug-likeness (QED) is 0.280. The maximum Gasteiger partial charge on any atom is 0.336 e. The van der Waals surface area contributed by atoms with Crippen molar-refractivity contribution in [2.24, 2.45) is 5.92 Å². The molecule has 0 amide bonds. The molecule has 0 aromatic heterocycles. The number of carbonyl (C=O) groups excluding carboxylic acids is 3. The van der Waals surface area contributed by atoms with Gasteiger partial charge in [-0.1, -0.05) is 18.7 Å². The summed E-state index contributed by atoms with van der Waals surface area (Å²) in [6, 6.07) is 0. The van der Waals surface area contributed by atoms with Crippen LogP contribution in [0.2, 0.25) is 0 Å². The Bertz CT molecular complexity index is 810. The fraction of sp³-hybridized carbons (Fsp3) is 0.609. The molecule has 0 spiro atoms. The smallest absolute Gasteiger partial charge is 0.336 e. The highest BCUT2D eigenvalue weighted by molar-refractivity contribution is 5.93. The summed E-state index contributed by atoms with van der Waals surface area (Å²) >= 11 is 0. The molecule has 1 heterocycles. The minimum absolute atomic E-state index is 0.0684. The Kier molecular flexibility index (Phi) is 7.97. The average Bonchev–Trinajstić information content (AvgIpc) is 3.29. The number of epoxide rings is 1. The minimum atomic E-state index is -1.23. The van der Waals surface area contributed by atoms with Gasteiger partial charge in [-0.15, -0.1) is 0 Å². The number of hydrogen-bond donors (Lipinski definition) is 2. The van der Waals surface area contributed by atoms with Crippen molar-refractivity contribution in [3.05, 3.63) is 35.5 Å². The first-order valence-electron chi connectivity index (χ1n) is 10.3. The van der Waals surface area contributed by atoms with Gasteiger partial charge in [0.2, 0.25) is 0 Å². The van der Waals surface area contributed by atoms with E-state index in [1.54, 1.807) is 13.8 Å². The third kappa shape index (κ3) is 5.90. The Labute approximate surface area is 182 Å². The fourth-order valence-electron chi connectivity index (χ4n) is 3.98. The maximum atomic E-state index is 12.6. The number of Topliss-reactive ketones (excluding diaryl/α,β-unsaturated/α-hetero) is 1. The molecule has 8 heteroatoms. The summed E-state index contributed by atoms with van der Waals surface area (Å²) in [5.74, 6) is -2.48. The SMILES string of the molecule is C=C(C(C)=O)C1[C@H](O)/C=C(/C)[C@@H](OC(C)=O)C[C@H]2O[C@]2(C)C[C@H]1OC(=O)/C(=C/C)CO. The highest BCUT2D eigenvalue weighted by Crippen LogP contribution is 2.47. The van der Waals surface area contributed by atoms with Crippen molar-refractivity contribution in [2.75, 3.05) is 6.61 Å². The van der Waals surface area contributed by atoms with Crippen molar-refractivity contribution in [1.29, 1.82) is 0 Å². The number of hydrogen-bond acceptors (Lipinski definition) is 8. The lowest BCUT2D eigenvalue weighted by Crippen LogP contribution is -2.41. The minimum Gasteiger partial charge on any atom is -0.458 e. The van der Waals surface area contributed by atoms with E-state index in [-0.39, 0.29) is 29.5 Å². The van der Waals surface area contributed by atoms with Crippen LogP contribution in [0.15, 0.2) is 35.5 Å². The third-order valence-electron chi connectivity index (χ3n) is 5.98. The molecule has 6 atom stereocenters. The summed E-state index contributed by atoms with van der Waals surface area (Å²) in [4.78, 5) is 36.3. The lowest BCUT2D eigenvalue weighted by Gasteiger charge is -2.33. The highest BCUT2D eigenvalue weighted by Gasteiger charge is 2.56. The fourth-order valence-corrected chi connectivity index (χ4v) is 3.98. The van der Waals surface area contributed by atoms with Crippen molar-refractivity contribution < 1.29 is 38.8 Å². The normalized spacial score (nSPS) is 35.1. The first-order valence-corrected chi connectivity index (χ1v) is 10.3. The summed E-state index contributed by atoms with van der Waals surface area (Å²) in [5.41, 5.74) is 0.0636. The van der Waals surface area contributed by atoms with Crippen LogP contribution in [-0.2, 0) is 28.6 Å². The van der Waals surface area contributed by atoms with Gasteiger partial charge >= 0.3 is 11.9 Å². The van der Waals surface area contributed by atoms with Gasteiger partial charge < -0.3 is 24.4 Å². The van der Waals surface area contributed by atoms with Gasteiger partial charge in [0.1, 0.15) is 12.2 Å². The van der Waals surface area contributed by atoms with Crippen molar-refractivity contribution >= 4 is 17.7 Å². The van der Waals surface area contributed by atoms with Gasteiger partial charge in [-0.3, -0.25) is 9.59 Å². The van der Waals surface area contributed by atoms with Crippen LogP contribution in [0.4, 0.5) is 0 Å². The van der Waals surface area contributed by atoms with Gasteiger partial charge in [0.05, 0.1) is 35.9 Å². The molecule has 2 aliphatic rings. The molecular formula is C23H32O8. The molecule has 1 aliphatic heterocycles. The van der Waals surface area contributed by atoms with E-state index in [0.717, 1.165) is 0 Å². The summed E-state index contributed by atoms with van der Waals surface area (Å²) in [5, 5.41) is 20.4. The molecule has 8 nitrogen and oxygen atoms in total. The number of esters is 2. The van der Waals surface area contributed by atoms with E-state index < -0.39 is 48.4 Å². The van der Waals surface area contributed by atoms with Crippen LogP contribution in [0.25, 0.3) is 0 Å². The number of allylic oxidation sites excluding steroid dienone is 1. The number of carbonyl (C=O) groups is 3. The van der Waals surface area contributed by atoms with Gasteiger partial charge in [-0.25, -0.2) is 4.79 Å². The molecule has 1 unspecified atom stereocenters. The summed E-state index contributed by atoms with van der Waals surface area (Å²) < 4.78 is 17.0. The molecule has 1 aliphatic carbocycles. The third-order valence-corrected chi connectivity index (χ3v) is 5.98. The first-order chi connectivity index (χ1) is 14.4. The Morgan fingerprint density at radius 2 is 1.97 bits per heavy atom. The molecule has 0 bridgehead atoms. The molecule has 0 saturated carbocycles. The number of rotatable bonds is 6. The predicted octanol–water partition coefficient (Wildman–Crippen LogP) is 1.79. The molecule has 1 saturated heterocycles.